The number of hydrogen-bond donors (Lipinski definition) is 1. The van der Waals surface area contributed by atoms with Gasteiger partial charge in [0.05, 0.1) is 13.5 Å². The van der Waals surface area contributed by atoms with Crippen LogP contribution >= 0.6 is 0 Å². The van der Waals surface area contributed by atoms with E-state index in [-0.39, 0.29) is 17.7 Å². The molecule has 0 aliphatic carbocycles. The molecule has 2 aromatic carbocycles. The molecular weight excluding hydrogens is 368 g/mol. The summed E-state index contributed by atoms with van der Waals surface area (Å²) < 4.78 is 10.6. The van der Waals surface area contributed by atoms with Gasteiger partial charge in [-0.15, -0.1) is 0 Å². The number of carbonyl (C=O) groups excluding carboxylic acids is 2. The second-order valence-electron chi connectivity index (χ2n) is 7.54. The van der Waals surface area contributed by atoms with Crippen LogP contribution in [0.3, 0.4) is 0 Å². The summed E-state index contributed by atoms with van der Waals surface area (Å²) in [6, 6.07) is 13.4. The summed E-state index contributed by atoms with van der Waals surface area (Å²) in [5, 5.41) is 3.02. The molecule has 2 amide bonds. The Morgan fingerprint density at radius 2 is 2.00 bits per heavy atom. The highest BCUT2D eigenvalue weighted by Gasteiger charge is 2.26. The molecule has 0 radical (unpaired) electrons. The van der Waals surface area contributed by atoms with Gasteiger partial charge in [0.2, 0.25) is 11.8 Å². The van der Waals surface area contributed by atoms with Crippen LogP contribution < -0.4 is 15.0 Å². The van der Waals surface area contributed by atoms with Gasteiger partial charge in [-0.25, -0.2) is 0 Å². The van der Waals surface area contributed by atoms with Gasteiger partial charge in [-0.3, -0.25) is 9.59 Å². The number of anilines is 2. The van der Waals surface area contributed by atoms with Gasteiger partial charge in [0.1, 0.15) is 5.75 Å². The maximum atomic E-state index is 12.9. The molecule has 2 aliphatic rings. The maximum absolute atomic E-state index is 12.9. The first-order chi connectivity index (χ1) is 14.1. The Hall–Kier alpha value is -2.86. The highest BCUT2D eigenvalue weighted by atomic mass is 16.5. The summed E-state index contributed by atoms with van der Waals surface area (Å²) in [5.41, 5.74) is 3.68. The molecule has 0 atom stereocenters. The third kappa shape index (κ3) is 4.43. The topological polar surface area (TPSA) is 67.9 Å². The summed E-state index contributed by atoms with van der Waals surface area (Å²) in [7, 11) is 1.62. The first-order valence-corrected chi connectivity index (χ1v) is 10.1. The number of benzene rings is 2. The SMILES string of the molecule is COc1cccc(CC(=O)N2CCc3ccc(NC(=O)C4CCOCC4)cc32)c1. The van der Waals surface area contributed by atoms with Crippen LogP contribution in [0.1, 0.15) is 24.0 Å². The number of rotatable bonds is 5. The van der Waals surface area contributed by atoms with E-state index in [2.05, 4.69) is 5.32 Å². The summed E-state index contributed by atoms with van der Waals surface area (Å²) in [6.07, 6.45) is 2.65. The molecule has 0 aromatic heterocycles. The zero-order chi connectivity index (χ0) is 20.2. The number of ether oxygens (including phenoxy) is 2. The fourth-order valence-corrected chi connectivity index (χ4v) is 3.97. The quantitative estimate of drug-likeness (QED) is 0.846. The van der Waals surface area contributed by atoms with E-state index in [1.807, 2.05) is 47.4 Å². The fourth-order valence-electron chi connectivity index (χ4n) is 3.97. The molecule has 1 fully saturated rings. The molecule has 4 rings (SSSR count). The van der Waals surface area contributed by atoms with Gasteiger partial charge in [-0.05, 0) is 54.7 Å². The van der Waals surface area contributed by atoms with Gasteiger partial charge in [0.25, 0.3) is 0 Å². The van der Waals surface area contributed by atoms with E-state index in [4.69, 9.17) is 9.47 Å². The van der Waals surface area contributed by atoms with Gasteiger partial charge in [0.15, 0.2) is 0 Å². The predicted molar refractivity (Wildman–Crippen MR) is 111 cm³/mol. The zero-order valence-corrected chi connectivity index (χ0v) is 16.6. The Morgan fingerprint density at radius 1 is 1.17 bits per heavy atom. The van der Waals surface area contributed by atoms with Crippen LogP contribution in [0.25, 0.3) is 0 Å². The van der Waals surface area contributed by atoms with Crippen molar-refractivity contribution in [1.82, 2.24) is 0 Å². The second kappa shape index (κ2) is 8.66. The average molecular weight is 394 g/mol. The lowest BCUT2D eigenvalue weighted by atomic mass is 9.99. The van der Waals surface area contributed by atoms with Crippen molar-refractivity contribution in [2.45, 2.75) is 25.7 Å². The molecule has 29 heavy (non-hydrogen) atoms. The molecule has 2 aliphatic heterocycles. The highest BCUT2D eigenvalue weighted by molar-refractivity contribution is 5.99. The Balaban J connectivity index is 1.46. The van der Waals surface area contributed by atoms with E-state index in [9.17, 15) is 9.59 Å². The van der Waals surface area contributed by atoms with Crippen molar-refractivity contribution in [3.05, 3.63) is 53.6 Å². The van der Waals surface area contributed by atoms with Crippen molar-refractivity contribution in [2.75, 3.05) is 37.1 Å². The van der Waals surface area contributed by atoms with Crippen molar-refractivity contribution in [2.24, 2.45) is 5.92 Å². The normalized spacial score (nSPS) is 16.4. The van der Waals surface area contributed by atoms with Crippen LogP contribution in [0.4, 0.5) is 11.4 Å². The molecular formula is C23H26N2O4. The molecule has 1 saturated heterocycles. The van der Waals surface area contributed by atoms with Crippen molar-refractivity contribution < 1.29 is 19.1 Å². The number of nitrogens with zero attached hydrogens (tertiary/aromatic N) is 1. The zero-order valence-electron chi connectivity index (χ0n) is 16.6. The Kier molecular flexibility index (Phi) is 5.81. The molecule has 2 aromatic rings. The molecule has 0 bridgehead atoms. The van der Waals surface area contributed by atoms with Crippen LogP contribution in [-0.2, 0) is 27.2 Å². The maximum Gasteiger partial charge on any atom is 0.231 e. The lowest BCUT2D eigenvalue weighted by Crippen LogP contribution is -2.30. The van der Waals surface area contributed by atoms with Gasteiger partial charge >= 0.3 is 0 Å². The highest BCUT2D eigenvalue weighted by Crippen LogP contribution is 2.32. The number of fused-ring (bicyclic) bond motifs is 1. The largest absolute Gasteiger partial charge is 0.497 e. The van der Waals surface area contributed by atoms with Crippen molar-refractivity contribution in [1.29, 1.82) is 0 Å². The van der Waals surface area contributed by atoms with E-state index in [1.165, 1.54) is 0 Å². The van der Waals surface area contributed by atoms with Crippen molar-refractivity contribution in [3.8, 4) is 5.75 Å². The minimum Gasteiger partial charge on any atom is -0.497 e. The smallest absolute Gasteiger partial charge is 0.231 e. The summed E-state index contributed by atoms with van der Waals surface area (Å²) in [6.45, 7) is 1.93. The summed E-state index contributed by atoms with van der Waals surface area (Å²) in [5.74, 6) is 0.809. The Bertz CT molecular complexity index is 906. The number of nitrogens with one attached hydrogen (secondary N) is 1. The van der Waals surface area contributed by atoms with E-state index in [1.54, 1.807) is 7.11 Å². The molecule has 0 saturated carbocycles. The molecule has 6 heteroatoms. The van der Waals surface area contributed by atoms with Gasteiger partial charge in [-0.2, -0.15) is 0 Å². The fraction of sp³-hybridized carbons (Fsp3) is 0.391. The third-order valence-electron chi connectivity index (χ3n) is 5.63. The molecule has 152 valence electrons. The first-order valence-electron chi connectivity index (χ1n) is 10.1. The molecule has 2 heterocycles. The van der Waals surface area contributed by atoms with Crippen molar-refractivity contribution in [3.63, 3.8) is 0 Å². The molecule has 0 spiro atoms. The Labute approximate surface area is 170 Å². The minimum atomic E-state index is -0.0113. The van der Waals surface area contributed by atoms with Crippen LogP contribution in [-0.4, -0.2) is 38.7 Å². The van der Waals surface area contributed by atoms with Crippen molar-refractivity contribution >= 4 is 23.2 Å². The van der Waals surface area contributed by atoms with Gasteiger partial charge in [-0.1, -0.05) is 18.2 Å². The van der Waals surface area contributed by atoms with Crippen LogP contribution in [0, 0.1) is 5.92 Å². The monoisotopic (exact) mass is 394 g/mol. The summed E-state index contributed by atoms with van der Waals surface area (Å²) in [4.78, 5) is 27.3. The molecule has 0 unspecified atom stereocenters. The first kappa shape index (κ1) is 19.5. The average Bonchev–Trinajstić information content (AvgIpc) is 3.18. The van der Waals surface area contributed by atoms with E-state index >= 15 is 0 Å². The van der Waals surface area contributed by atoms with E-state index in [0.717, 1.165) is 47.5 Å². The van der Waals surface area contributed by atoms with E-state index < -0.39 is 0 Å². The number of amides is 2. The molecule has 6 nitrogen and oxygen atoms in total. The number of methoxy groups -OCH3 is 1. The third-order valence-corrected chi connectivity index (χ3v) is 5.63. The molecule has 1 N–H and O–H groups in total. The lowest BCUT2D eigenvalue weighted by Gasteiger charge is -2.22. The van der Waals surface area contributed by atoms with Gasteiger partial charge < -0.3 is 19.7 Å². The standard InChI is InChI=1S/C23H26N2O4/c1-28-20-4-2-3-16(13-20)14-22(26)25-10-7-17-5-6-19(15-21(17)25)24-23(27)18-8-11-29-12-9-18/h2-6,13,15,18H,7-12,14H2,1H3,(H,24,27). The number of carbonyl (C=O) groups is 2. The second-order valence-corrected chi connectivity index (χ2v) is 7.54. The summed E-state index contributed by atoms with van der Waals surface area (Å²) >= 11 is 0. The Morgan fingerprint density at radius 3 is 2.79 bits per heavy atom. The van der Waals surface area contributed by atoms with Crippen LogP contribution in [0.2, 0.25) is 0 Å². The number of hydrogen-bond acceptors (Lipinski definition) is 4. The van der Waals surface area contributed by atoms with Crippen LogP contribution in [0.5, 0.6) is 5.75 Å². The lowest BCUT2D eigenvalue weighted by molar-refractivity contribution is -0.122. The van der Waals surface area contributed by atoms with Gasteiger partial charge in [0, 0.05) is 37.1 Å². The predicted octanol–water partition coefficient (Wildman–Crippen LogP) is 3.19. The van der Waals surface area contributed by atoms with E-state index in [0.29, 0.717) is 26.2 Å². The minimum absolute atomic E-state index is 0.0113. The van der Waals surface area contributed by atoms with Crippen LogP contribution in [0.15, 0.2) is 42.5 Å².